The first-order valence-electron chi connectivity index (χ1n) is 5.88. The van der Waals surface area contributed by atoms with Gasteiger partial charge in [-0.05, 0) is 12.1 Å². The maximum absolute atomic E-state index is 11.4. The second-order valence-corrected chi connectivity index (χ2v) is 4.26. The number of nitrogens with zero attached hydrogens (tertiary/aromatic N) is 2. The molecule has 0 spiro atoms. The van der Waals surface area contributed by atoms with Gasteiger partial charge in [0.15, 0.2) is 6.61 Å². The Balaban J connectivity index is 2.01. The number of aliphatic imine (C=N–C) groups is 1. The number of nitrogens with one attached hydrogen (secondary N) is 1. The highest BCUT2D eigenvalue weighted by atomic mass is 16.5. The molecule has 96 valence electrons. The summed E-state index contributed by atoms with van der Waals surface area (Å²) in [6, 6.07) is 7.59. The van der Waals surface area contributed by atoms with E-state index in [0.29, 0.717) is 5.75 Å². The molecule has 1 aromatic carbocycles. The molecular weight excluding hydrogens is 230 g/mol. The molecule has 0 saturated heterocycles. The van der Waals surface area contributed by atoms with E-state index in [-0.39, 0.29) is 12.5 Å². The largest absolute Gasteiger partial charge is 0.484 e. The van der Waals surface area contributed by atoms with Crippen molar-refractivity contribution >= 4 is 11.7 Å². The molecule has 0 atom stereocenters. The predicted octanol–water partition coefficient (Wildman–Crippen LogP) is 0.503. The molecule has 0 aromatic heterocycles. The number of hydrogen-bond acceptors (Lipinski definition) is 4. The first kappa shape index (κ1) is 12.4. The van der Waals surface area contributed by atoms with Gasteiger partial charge in [0.2, 0.25) is 0 Å². The van der Waals surface area contributed by atoms with Crippen molar-refractivity contribution in [2.24, 2.45) is 4.99 Å². The Labute approximate surface area is 106 Å². The summed E-state index contributed by atoms with van der Waals surface area (Å²) in [5, 5.41) is 3.20. The molecule has 1 aliphatic rings. The van der Waals surface area contributed by atoms with Crippen LogP contribution in [0.1, 0.15) is 5.56 Å². The molecule has 0 unspecified atom stereocenters. The molecule has 0 fully saturated rings. The van der Waals surface area contributed by atoms with Crippen molar-refractivity contribution in [1.82, 2.24) is 10.2 Å². The van der Waals surface area contributed by atoms with Crippen molar-refractivity contribution in [3.05, 3.63) is 29.8 Å². The number of ether oxygens (including phenoxy) is 1. The van der Waals surface area contributed by atoms with Gasteiger partial charge in [0.05, 0.1) is 6.54 Å². The van der Waals surface area contributed by atoms with Crippen LogP contribution in [0, 0.1) is 0 Å². The topological polar surface area (TPSA) is 53.9 Å². The van der Waals surface area contributed by atoms with Crippen molar-refractivity contribution in [2.75, 3.05) is 33.8 Å². The quantitative estimate of drug-likeness (QED) is 0.843. The zero-order chi connectivity index (χ0) is 13.0. The summed E-state index contributed by atoms with van der Waals surface area (Å²) in [6.45, 7) is 1.73. The van der Waals surface area contributed by atoms with E-state index in [0.717, 1.165) is 24.5 Å². The lowest BCUT2D eigenvalue weighted by atomic mass is 10.2. The number of benzene rings is 1. The van der Waals surface area contributed by atoms with E-state index in [1.54, 1.807) is 14.1 Å². The summed E-state index contributed by atoms with van der Waals surface area (Å²) in [4.78, 5) is 17.3. The van der Waals surface area contributed by atoms with E-state index in [1.165, 1.54) is 4.90 Å². The molecule has 18 heavy (non-hydrogen) atoms. The summed E-state index contributed by atoms with van der Waals surface area (Å²) in [7, 11) is 3.42. The van der Waals surface area contributed by atoms with Gasteiger partial charge in [-0.25, -0.2) is 0 Å². The molecule has 1 aliphatic heterocycles. The summed E-state index contributed by atoms with van der Waals surface area (Å²) in [5.74, 6) is 1.51. The number of amidine groups is 1. The Morgan fingerprint density at radius 2 is 2.33 bits per heavy atom. The molecule has 0 radical (unpaired) electrons. The smallest absolute Gasteiger partial charge is 0.259 e. The van der Waals surface area contributed by atoms with Gasteiger partial charge in [-0.1, -0.05) is 12.1 Å². The Morgan fingerprint density at radius 3 is 3.00 bits per heavy atom. The van der Waals surface area contributed by atoms with Gasteiger partial charge in [0, 0.05) is 26.2 Å². The summed E-state index contributed by atoms with van der Waals surface area (Å²) in [5.41, 5.74) is 0.988. The van der Waals surface area contributed by atoms with Crippen LogP contribution in [0.25, 0.3) is 0 Å². The van der Waals surface area contributed by atoms with E-state index in [4.69, 9.17) is 4.74 Å². The highest BCUT2D eigenvalue weighted by Crippen LogP contribution is 2.14. The maximum Gasteiger partial charge on any atom is 0.259 e. The highest BCUT2D eigenvalue weighted by molar-refractivity contribution is 6.00. The van der Waals surface area contributed by atoms with Crippen LogP contribution in [0.5, 0.6) is 5.75 Å². The zero-order valence-electron chi connectivity index (χ0n) is 10.6. The molecule has 5 nitrogen and oxygen atoms in total. The van der Waals surface area contributed by atoms with E-state index in [2.05, 4.69) is 10.3 Å². The van der Waals surface area contributed by atoms with Gasteiger partial charge in [-0.3, -0.25) is 9.79 Å². The summed E-state index contributed by atoms with van der Waals surface area (Å²) >= 11 is 0. The SMILES string of the molecule is CN(C)C(=O)COc1cccc(C2=NCCN2)c1. The van der Waals surface area contributed by atoms with E-state index in [1.807, 2.05) is 24.3 Å². The number of rotatable bonds is 4. The Bertz CT molecular complexity index is 469. The average Bonchev–Trinajstić information content (AvgIpc) is 2.90. The first-order valence-corrected chi connectivity index (χ1v) is 5.88. The fourth-order valence-corrected chi connectivity index (χ4v) is 1.60. The van der Waals surface area contributed by atoms with Crippen molar-refractivity contribution in [2.45, 2.75) is 0 Å². The number of amides is 1. The van der Waals surface area contributed by atoms with E-state index >= 15 is 0 Å². The van der Waals surface area contributed by atoms with Crippen molar-refractivity contribution in [3.8, 4) is 5.75 Å². The lowest BCUT2D eigenvalue weighted by Gasteiger charge is -2.12. The second-order valence-electron chi connectivity index (χ2n) is 4.26. The Morgan fingerprint density at radius 1 is 1.50 bits per heavy atom. The van der Waals surface area contributed by atoms with Crippen LogP contribution >= 0.6 is 0 Å². The highest BCUT2D eigenvalue weighted by Gasteiger charge is 2.09. The third-order valence-electron chi connectivity index (χ3n) is 2.64. The molecule has 5 heteroatoms. The number of hydrogen-bond donors (Lipinski definition) is 1. The van der Waals surface area contributed by atoms with Crippen LogP contribution in [0.3, 0.4) is 0 Å². The third-order valence-corrected chi connectivity index (χ3v) is 2.64. The Kier molecular flexibility index (Phi) is 3.82. The van der Waals surface area contributed by atoms with Crippen molar-refractivity contribution < 1.29 is 9.53 Å². The monoisotopic (exact) mass is 247 g/mol. The predicted molar refractivity (Wildman–Crippen MR) is 70.0 cm³/mol. The average molecular weight is 247 g/mol. The molecule has 2 rings (SSSR count). The molecular formula is C13H17N3O2. The molecule has 0 bridgehead atoms. The van der Waals surface area contributed by atoms with Gasteiger partial charge in [0.25, 0.3) is 5.91 Å². The third kappa shape index (κ3) is 3.00. The van der Waals surface area contributed by atoms with Crippen LogP contribution in [-0.4, -0.2) is 50.4 Å². The van der Waals surface area contributed by atoms with Crippen molar-refractivity contribution in [3.63, 3.8) is 0 Å². The number of carbonyl (C=O) groups is 1. The van der Waals surface area contributed by atoms with E-state index in [9.17, 15) is 4.79 Å². The number of carbonyl (C=O) groups excluding carboxylic acids is 1. The zero-order valence-corrected chi connectivity index (χ0v) is 10.6. The van der Waals surface area contributed by atoms with Gasteiger partial charge in [0.1, 0.15) is 11.6 Å². The fourth-order valence-electron chi connectivity index (χ4n) is 1.60. The molecule has 0 saturated carbocycles. The fraction of sp³-hybridized carbons (Fsp3) is 0.385. The molecule has 1 aromatic rings. The standard InChI is InChI=1S/C13H17N3O2/c1-16(2)12(17)9-18-11-5-3-4-10(8-11)13-14-6-7-15-13/h3-5,8H,6-7,9H2,1-2H3,(H,14,15). The van der Waals surface area contributed by atoms with Crippen LogP contribution in [0.15, 0.2) is 29.3 Å². The van der Waals surface area contributed by atoms with Gasteiger partial charge in [-0.15, -0.1) is 0 Å². The number of likely N-dealkylation sites (N-methyl/N-ethyl adjacent to an activating group) is 1. The van der Waals surface area contributed by atoms with Crippen molar-refractivity contribution in [1.29, 1.82) is 0 Å². The lowest BCUT2D eigenvalue weighted by molar-refractivity contribution is -0.130. The minimum atomic E-state index is -0.0586. The van der Waals surface area contributed by atoms with Gasteiger partial charge < -0.3 is 15.0 Å². The van der Waals surface area contributed by atoms with Crippen LogP contribution in [-0.2, 0) is 4.79 Å². The minimum Gasteiger partial charge on any atom is -0.484 e. The maximum atomic E-state index is 11.4. The summed E-state index contributed by atoms with van der Waals surface area (Å²) < 4.78 is 5.46. The normalized spacial score (nSPS) is 13.8. The van der Waals surface area contributed by atoms with Crippen LogP contribution in [0.2, 0.25) is 0 Å². The van der Waals surface area contributed by atoms with Crippen LogP contribution < -0.4 is 10.1 Å². The molecule has 0 aliphatic carbocycles. The molecule has 1 heterocycles. The molecule has 1 amide bonds. The van der Waals surface area contributed by atoms with E-state index < -0.39 is 0 Å². The van der Waals surface area contributed by atoms with Gasteiger partial charge >= 0.3 is 0 Å². The first-order chi connectivity index (χ1) is 8.66. The Hall–Kier alpha value is -2.04. The molecule has 1 N–H and O–H groups in total. The second kappa shape index (κ2) is 5.53. The minimum absolute atomic E-state index is 0.0519. The van der Waals surface area contributed by atoms with Gasteiger partial charge in [-0.2, -0.15) is 0 Å². The lowest BCUT2D eigenvalue weighted by Crippen LogP contribution is -2.27. The van der Waals surface area contributed by atoms with Crippen LogP contribution in [0.4, 0.5) is 0 Å². The summed E-state index contributed by atoms with van der Waals surface area (Å²) in [6.07, 6.45) is 0.